The van der Waals surface area contributed by atoms with Gasteiger partial charge in [-0.3, -0.25) is 4.79 Å². The fourth-order valence-corrected chi connectivity index (χ4v) is 3.09. The number of ketones is 1. The molecule has 0 bridgehead atoms. The molecule has 8 atom stereocenters. The van der Waals surface area contributed by atoms with Crippen LogP contribution in [0.15, 0.2) is 12.2 Å². The molecule has 226 valence electrons. The SMILES string of the molecule is C=C(C)C(=O)CC(C)COCC(C)OCC(C)OCC(C)OCC(C)OCC(C)OCC(C)OCC(C)N. The van der Waals surface area contributed by atoms with E-state index in [1.807, 2.05) is 55.4 Å². The Morgan fingerprint density at radius 1 is 0.579 bits per heavy atom. The second-order valence-electron chi connectivity index (χ2n) is 10.9. The number of nitrogens with two attached hydrogens (primary N) is 1. The van der Waals surface area contributed by atoms with E-state index in [0.29, 0.717) is 64.8 Å². The summed E-state index contributed by atoms with van der Waals surface area (Å²) in [5.74, 6) is 0.237. The van der Waals surface area contributed by atoms with Gasteiger partial charge in [-0.2, -0.15) is 0 Å². The summed E-state index contributed by atoms with van der Waals surface area (Å²) in [6.07, 6.45) is 0.159. The minimum atomic E-state index is -0.0679. The first kappa shape index (κ1) is 37.1. The first-order valence-electron chi connectivity index (χ1n) is 14.0. The maximum absolute atomic E-state index is 11.7. The summed E-state index contributed by atoms with van der Waals surface area (Å²) < 4.78 is 40.5. The molecule has 0 aromatic heterocycles. The van der Waals surface area contributed by atoms with Crippen molar-refractivity contribution in [3.05, 3.63) is 12.2 Å². The normalized spacial score (nSPS) is 18.3. The van der Waals surface area contributed by atoms with Crippen LogP contribution >= 0.6 is 0 Å². The summed E-state index contributed by atoms with van der Waals surface area (Å²) in [5.41, 5.74) is 6.29. The summed E-state index contributed by atoms with van der Waals surface area (Å²) in [5, 5.41) is 0. The maximum Gasteiger partial charge on any atom is 0.158 e. The highest BCUT2D eigenvalue weighted by Crippen LogP contribution is 2.09. The lowest BCUT2D eigenvalue weighted by molar-refractivity contribution is -0.117. The highest BCUT2D eigenvalue weighted by atomic mass is 16.6. The van der Waals surface area contributed by atoms with Crippen LogP contribution in [0, 0.1) is 5.92 Å². The van der Waals surface area contributed by atoms with Crippen molar-refractivity contribution < 1.29 is 38.0 Å². The van der Waals surface area contributed by atoms with Gasteiger partial charge in [0.2, 0.25) is 0 Å². The summed E-state index contributed by atoms with van der Waals surface area (Å²) in [4.78, 5) is 11.7. The number of hydrogen-bond donors (Lipinski definition) is 1. The predicted molar refractivity (Wildman–Crippen MR) is 151 cm³/mol. The van der Waals surface area contributed by atoms with Crippen LogP contribution in [0.5, 0.6) is 0 Å². The molecule has 0 amide bonds. The van der Waals surface area contributed by atoms with Crippen LogP contribution in [0.4, 0.5) is 0 Å². The second-order valence-corrected chi connectivity index (χ2v) is 10.9. The van der Waals surface area contributed by atoms with Crippen LogP contribution in [-0.4, -0.2) is 101 Å². The zero-order chi connectivity index (χ0) is 29.1. The first-order valence-corrected chi connectivity index (χ1v) is 14.0. The highest BCUT2D eigenvalue weighted by molar-refractivity contribution is 5.94. The molecule has 9 nitrogen and oxygen atoms in total. The van der Waals surface area contributed by atoms with Gasteiger partial charge in [-0.15, -0.1) is 0 Å². The summed E-state index contributed by atoms with van der Waals surface area (Å²) >= 11 is 0. The molecule has 0 rings (SSSR count). The largest absolute Gasteiger partial charge is 0.378 e. The number of rotatable bonds is 25. The summed E-state index contributed by atoms with van der Waals surface area (Å²) in [7, 11) is 0. The van der Waals surface area contributed by atoms with Crippen LogP contribution in [0.25, 0.3) is 0 Å². The van der Waals surface area contributed by atoms with E-state index in [-0.39, 0.29) is 54.4 Å². The number of carbonyl (C=O) groups is 1. The molecule has 0 radical (unpaired) electrons. The van der Waals surface area contributed by atoms with Crippen LogP contribution < -0.4 is 5.73 Å². The van der Waals surface area contributed by atoms with E-state index < -0.39 is 0 Å². The maximum atomic E-state index is 11.7. The zero-order valence-corrected chi connectivity index (χ0v) is 25.5. The Labute approximate surface area is 232 Å². The van der Waals surface area contributed by atoms with Crippen molar-refractivity contribution in [2.45, 2.75) is 111 Å². The van der Waals surface area contributed by atoms with Gasteiger partial charge in [-0.05, 0) is 66.9 Å². The molecule has 2 N–H and O–H groups in total. The van der Waals surface area contributed by atoms with Crippen molar-refractivity contribution in [3.8, 4) is 0 Å². The molecule has 0 saturated carbocycles. The average Bonchev–Trinajstić information content (AvgIpc) is 2.85. The molecule has 0 spiro atoms. The third kappa shape index (κ3) is 22.0. The third-order valence-electron chi connectivity index (χ3n) is 5.49. The molecule has 0 fully saturated rings. The predicted octanol–water partition coefficient (Wildman–Crippen LogP) is 3.95. The van der Waals surface area contributed by atoms with Crippen LogP contribution in [0.2, 0.25) is 0 Å². The number of ether oxygens (including phenoxy) is 7. The number of Topliss-reactive ketones (excluding diaryl/α,β-unsaturated/α-hetero) is 1. The first-order chi connectivity index (χ1) is 17.8. The van der Waals surface area contributed by atoms with Crippen molar-refractivity contribution in [2.75, 3.05) is 52.9 Å². The fraction of sp³-hybridized carbons (Fsp3) is 0.897. The fourth-order valence-electron chi connectivity index (χ4n) is 3.09. The second kappa shape index (κ2) is 21.9. The highest BCUT2D eigenvalue weighted by Gasteiger charge is 2.14. The quantitative estimate of drug-likeness (QED) is 0.170. The van der Waals surface area contributed by atoms with Gasteiger partial charge < -0.3 is 38.9 Å². The molecule has 0 aromatic rings. The van der Waals surface area contributed by atoms with Crippen molar-refractivity contribution in [2.24, 2.45) is 11.7 Å². The van der Waals surface area contributed by atoms with Gasteiger partial charge in [-0.25, -0.2) is 0 Å². The van der Waals surface area contributed by atoms with Crippen LogP contribution in [-0.2, 0) is 38.0 Å². The lowest BCUT2D eigenvalue weighted by atomic mass is 10.0. The van der Waals surface area contributed by atoms with Gasteiger partial charge >= 0.3 is 0 Å². The van der Waals surface area contributed by atoms with E-state index in [4.69, 9.17) is 38.9 Å². The Bertz CT molecular complexity index is 617. The van der Waals surface area contributed by atoms with Crippen LogP contribution in [0.3, 0.4) is 0 Å². The zero-order valence-electron chi connectivity index (χ0n) is 25.5. The number of carbonyl (C=O) groups excluding carboxylic acids is 1. The molecule has 0 aliphatic rings. The lowest BCUT2D eigenvalue weighted by Crippen LogP contribution is -2.30. The van der Waals surface area contributed by atoms with Crippen LogP contribution in [0.1, 0.15) is 68.7 Å². The smallest absolute Gasteiger partial charge is 0.158 e. The van der Waals surface area contributed by atoms with Gasteiger partial charge in [0.25, 0.3) is 0 Å². The van der Waals surface area contributed by atoms with E-state index in [0.717, 1.165) is 0 Å². The molecule has 0 heterocycles. The third-order valence-corrected chi connectivity index (χ3v) is 5.49. The lowest BCUT2D eigenvalue weighted by Gasteiger charge is -2.22. The van der Waals surface area contributed by atoms with Crippen molar-refractivity contribution in [3.63, 3.8) is 0 Å². The standard InChI is InChI=1S/C29H57NO8/c1-20(2)29(31)11-21(3)12-32-14-23(5)34-16-25(7)36-18-27(9)38-19-28(10)37-17-26(8)35-15-24(6)33-13-22(4)30/h21-28H,1,11-19,30H2,2-10H3. The van der Waals surface area contributed by atoms with Crippen molar-refractivity contribution in [1.29, 1.82) is 0 Å². The molecule has 9 heteroatoms. The monoisotopic (exact) mass is 547 g/mol. The van der Waals surface area contributed by atoms with Crippen molar-refractivity contribution in [1.82, 2.24) is 0 Å². The van der Waals surface area contributed by atoms with E-state index in [9.17, 15) is 4.79 Å². The topological polar surface area (TPSA) is 108 Å². The number of hydrogen-bond acceptors (Lipinski definition) is 9. The van der Waals surface area contributed by atoms with Gasteiger partial charge in [0.05, 0.1) is 82.9 Å². The van der Waals surface area contributed by atoms with Gasteiger partial charge in [0.15, 0.2) is 5.78 Å². The Kier molecular flexibility index (Phi) is 21.3. The molecule has 0 saturated heterocycles. The molecule has 8 unspecified atom stereocenters. The summed E-state index contributed by atoms with van der Waals surface area (Å²) in [6, 6.07) is 0.0175. The van der Waals surface area contributed by atoms with E-state index in [1.165, 1.54) is 0 Å². The minimum Gasteiger partial charge on any atom is -0.378 e. The van der Waals surface area contributed by atoms with Crippen molar-refractivity contribution >= 4 is 5.78 Å². The Hall–Kier alpha value is -0.910. The summed E-state index contributed by atoms with van der Waals surface area (Å²) in [6.45, 7) is 25.1. The van der Waals surface area contributed by atoms with E-state index in [2.05, 4.69) is 6.58 Å². The molecule has 0 aromatic carbocycles. The number of allylic oxidation sites excluding steroid dienone is 1. The van der Waals surface area contributed by atoms with E-state index in [1.54, 1.807) is 6.92 Å². The Balaban J connectivity index is 3.87. The Morgan fingerprint density at radius 2 is 0.895 bits per heavy atom. The molecule has 38 heavy (non-hydrogen) atoms. The minimum absolute atomic E-state index is 0.00637. The molecule has 0 aliphatic heterocycles. The van der Waals surface area contributed by atoms with Gasteiger partial charge in [0.1, 0.15) is 0 Å². The Morgan fingerprint density at radius 3 is 1.21 bits per heavy atom. The van der Waals surface area contributed by atoms with E-state index >= 15 is 0 Å². The molecular weight excluding hydrogens is 490 g/mol. The van der Waals surface area contributed by atoms with Gasteiger partial charge in [0, 0.05) is 19.1 Å². The average molecular weight is 548 g/mol. The molecular formula is C29H57NO8. The van der Waals surface area contributed by atoms with Gasteiger partial charge in [-0.1, -0.05) is 13.5 Å². The molecule has 0 aliphatic carbocycles.